The average Bonchev–Trinajstić information content (AvgIpc) is 3.06. The van der Waals surface area contributed by atoms with E-state index in [1.54, 1.807) is 0 Å². The van der Waals surface area contributed by atoms with Gasteiger partial charge in [-0.1, -0.05) is 0 Å². The zero-order valence-electron chi connectivity index (χ0n) is 11.3. The number of hydrogen-bond acceptors (Lipinski definition) is 5. The van der Waals surface area contributed by atoms with Crippen molar-refractivity contribution in [3.05, 3.63) is 35.0 Å². The molecular formula is C15H12N2O3S. The molecule has 3 aromatic rings. The molecule has 6 heteroatoms. The van der Waals surface area contributed by atoms with Gasteiger partial charge in [-0.15, -0.1) is 11.3 Å². The van der Waals surface area contributed by atoms with Gasteiger partial charge in [0.15, 0.2) is 22.7 Å². The Morgan fingerprint density at radius 1 is 1.29 bits per heavy atom. The molecule has 0 saturated carbocycles. The van der Waals surface area contributed by atoms with Crippen LogP contribution in [0.4, 0.5) is 0 Å². The van der Waals surface area contributed by atoms with Gasteiger partial charge in [0.25, 0.3) is 0 Å². The summed E-state index contributed by atoms with van der Waals surface area (Å²) < 4.78 is 13.0. The summed E-state index contributed by atoms with van der Waals surface area (Å²) in [5.41, 5.74) is 3.11. The first kappa shape index (κ1) is 12.4. The summed E-state index contributed by atoms with van der Waals surface area (Å²) in [6.45, 7) is 3.06. The fourth-order valence-electron chi connectivity index (χ4n) is 2.53. The molecule has 0 bridgehead atoms. The largest absolute Gasteiger partial charge is 0.486 e. The van der Waals surface area contributed by atoms with Gasteiger partial charge in [-0.2, -0.15) is 0 Å². The Labute approximate surface area is 124 Å². The molecule has 106 valence electrons. The van der Waals surface area contributed by atoms with Gasteiger partial charge in [0.2, 0.25) is 0 Å². The third-order valence-electron chi connectivity index (χ3n) is 3.50. The molecule has 0 amide bonds. The quantitative estimate of drug-likeness (QED) is 0.683. The minimum Gasteiger partial charge on any atom is -0.486 e. The normalized spacial score (nSPS) is 13.6. The van der Waals surface area contributed by atoms with Crippen LogP contribution in [0.25, 0.3) is 16.2 Å². The van der Waals surface area contributed by atoms with Gasteiger partial charge in [0.1, 0.15) is 24.6 Å². The van der Waals surface area contributed by atoms with Gasteiger partial charge in [0.05, 0.1) is 0 Å². The topological polar surface area (TPSA) is 52.8 Å². The van der Waals surface area contributed by atoms with Crippen molar-refractivity contribution in [1.29, 1.82) is 0 Å². The Hall–Kier alpha value is -2.34. The number of carbonyl (C=O) groups is 1. The fraction of sp³-hybridized carbons (Fsp3) is 0.200. The van der Waals surface area contributed by atoms with Crippen LogP contribution in [0, 0.1) is 6.92 Å². The standard InChI is InChI=1S/C15H12N2O3S/c1-9-8-21-15-16-14(11(7-18)17(9)15)10-2-3-12-13(6-10)20-5-4-19-12/h2-3,6-8H,4-5H2,1H3. The molecule has 1 aromatic carbocycles. The lowest BCUT2D eigenvalue weighted by molar-refractivity contribution is 0.111. The number of nitrogens with zero attached hydrogens (tertiary/aromatic N) is 2. The Morgan fingerprint density at radius 3 is 2.90 bits per heavy atom. The molecule has 1 aliphatic heterocycles. The second-order valence-electron chi connectivity index (χ2n) is 4.82. The summed E-state index contributed by atoms with van der Waals surface area (Å²) >= 11 is 1.52. The van der Waals surface area contributed by atoms with Crippen LogP contribution in [-0.4, -0.2) is 28.9 Å². The van der Waals surface area contributed by atoms with Crippen LogP contribution in [-0.2, 0) is 0 Å². The maximum absolute atomic E-state index is 11.5. The zero-order valence-corrected chi connectivity index (χ0v) is 12.1. The van der Waals surface area contributed by atoms with Crippen LogP contribution in [0.2, 0.25) is 0 Å². The van der Waals surface area contributed by atoms with E-state index in [0.29, 0.717) is 30.4 Å². The molecule has 0 N–H and O–H groups in total. The first-order valence-electron chi connectivity index (χ1n) is 6.59. The number of hydrogen-bond donors (Lipinski definition) is 0. The molecule has 3 heterocycles. The van der Waals surface area contributed by atoms with Gasteiger partial charge in [0, 0.05) is 16.6 Å². The number of aryl methyl sites for hydroxylation is 1. The van der Waals surface area contributed by atoms with E-state index in [1.807, 2.05) is 34.9 Å². The highest BCUT2D eigenvalue weighted by Crippen LogP contribution is 2.36. The van der Waals surface area contributed by atoms with E-state index in [2.05, 4.69) is 4.98 Å². The third-order valence-corrected chi connectivity index (χ3v) is 4.44. The Morgan fingerprint density at radius 2 is 2.10 bits per heavy atom. The molecule has 5 nitrogen and oxygen atoms in total. The molecule has 2 aromatic heterocycles. The predicted octanol–water partition coefficient (Wildman–Crippen LogP) is 2.95. The van der Waals surface area contributed by atoms with E-state index in [9.17, 15) is 4.79 Å². The van der Waals surface area contributed by atoms with Gasteiger partial charge in [-0.05, 0) is 25.1 Å². The van der Waals surface area contributed by atoms with E-state index in [1.165, 1.54) is 11.3 Å². The molecule has 0 fully saturated rings. The van der Waals surface area contributed by atoms with Crippen LogP contribution in [0.15, 0.2) is 23.6 Å². The summed E-state index contributed by atoms with van der Waals surface area (Å²) in [6, 6.07) is 5.64. The van der Waals surface area contributed by atoms with E-state index in [0.717, 1.165) is 28.3 Å². The zero-order chi connectivity index (χ0) is 14.4. The number of aromatic nitrogens is 2. The van der Waals surface area contributed by atoms with Gasteiger partial charge < -0.3 is 9.47 Å². The van der Waals surface area contributed by atoms with Crippen molar-refractivity contribution in [1.82, 2.24) is 9.38 Å². The highest BCUT2D eigenvalue weighted by Gasteiger charge is 2.19. The lowest BCUT2D eigenvalue weighted by Gasteiger charge is -2.18. The number of fused-ring (bicyclic) bond motifs is 2. The Bertz CT molecular complexity index is 850. The van der Waals surface area contributed by atoms with Crippen LogP contribution in [0.1, 0.15) is 16.2 Å². The third kappa shape index (κ3) is 1.83. The smallest absolute Gasteiger partial charge is 0.195 e. The number of thiazole rings is 1. The van der Waals surface area contributed by atoms with E-state index in [4.69, 9.17) is 9.47 Å². The SMILES string of the molecule is Cc1csc2nc(-c3ccc4c(c3)OCCO4)c(C=O)n12. The van der Waals surface area contributed by atoms with Crippen molar-refractivity contribution in [2.45, 2.75) is 6.92 Å². The number of rotatable bonds is 2. The molecule has 0 saturated heterocycles. The molecule has 4 rings (SSSR count). The number of benzene rings is 1. The van der Waals surface area contributed by atoms with Crippen LogP contribution >= 0.6 is 11.3 Å². The summed E-state index contributed by atoms with van der Waals surface area (Å²) in [5.74, 6) is 1.43. The van der Waals surface area contributed by atoms with Crippen molar-refractivity contribution < 1.29 is 14.3 Å². The van der Waals surface area contributed by atoms with E-state index in [-0.39, 0.29) is 0 Å². The molecular weight excluding hydrogens is 288 g/mol. The summed E-state index contributed by atoms with van der Waals surface area (Å²) in [4.78, 5) is 16.9. The van der Waals surface area contributed by atoms with Crippen molar-refractivity contribution in [2.24, 2.45) is 0 Å². The van der Waals surface area contributed by atoms with Gasteiger partial charge >= 0.3 is 0 Å². The number of ether oxygens (including phenoxy) is 2. The monoisotopic (exact) mass is 300 g/mol. The second kappa shape index (κ2) is 4.60. The number of carbonyl (C=O) groups excluding carboxylic acids is 1. The minimum absolute atomic E-state index is 0.536. The maximum atomic E-state index is 11.5. The second-order valence-corrected chi connectivity index (χ2v) is 5.65. The molecule has 1 aliphatic rings. The summed E-state index contributed by atoms with van der Waals surface area (Å²) in [6.07, 6.45) is 0.853. The predicted molar refractivity (Wildman–Crippen MR) is 79.6 cm³/mol. The summed E-state index contributed by atoms with van der Waals surface area (Å²) in [5, 5.41) is 1.99. The van der Waals surface area contributed by atoms with Crippen molar-refractivity contribution in [3.63, 3.8) is 0 Å². The van der Waals surface area contributed by atoms with Crippen molar-refractivity contribution >= 4 is 22.6 Å². The first-order chi connectivity index (χ1) is 10.3. The maximum Gasteiger partial charge on any atom is 0.195 e. The summed E-state index contributed by atoms with van der Waals surface area (Å²) in [7, 11) is 0. The number of aldehydes is 1. The van der Waals surface area contributed by atoms with E-state index < -0.39 is 0 Å². The lowest BCUT2D eigenvalue weighted by atomic mass is 10.1. The Balaban J connectivity index is 1.91. The van der Waals surface area contributed by atoms with Crippen LogP contribution in [0.3, 0.4) is 0 Å². The average molecular weight is 300 g/mol. The van der Waals surface area contributed by atoms with Crippen molar-refractivity contribution in [2.75, 3.05) is 13.2 Å². The van der Waals surface area contributed by atoms with Crippen LogP contribution < -0.4 is 9.47 Å². The van der Waals surface area contributed by atoms with Gasteiger partial charge in [-0.25, -0.2) is 4.98 Å². The minimum atomic E-state index is 0.536. The lowest BCUT2D eigenvalue weighted by Crippen LogP contribution is -2.15. The molecule has 0 atom stereocenters. The fourth-order valence-corrected chi connectivity index (χ4v) is 3.41. The highest BCUT2D eigenvalue weighted by molar-refractivity contribution is 7.15. The van der Waals surface area contributed by atoms with Gasteiger partial charge in [-0.3, -0.25) is 9.20 Å². The molecule has 0 spiro atoms. The molecule has 0 unspecified atom stereocenters. The molecule has 0 radical (unpaired) electrons. The van der Waals surface area contributed by atoms with E-state index >= 15 is 0 Å². The van der Waals surface area contributed by atoms with Crippen molar-refractivity contribution in [3.8, 4) is 22.8 Å². The Kier molecular flexibility index (Phi) is 2.71. The molecule has 0 aliphatic carbocycles. The molecule has 21 heavy (non-hydrogen) atoms. The first-order valence-corrected chi connectivity index (χ1v) is 7.47. The number of imidazole rings is 1. The van der Waals surface area contributed by atoms with Crippen LogP contribution in [0.5, 0.6) is 11.5 Å². The highest BCUT2D eigenvalue weighted by atomic mass is 32.1.